The maximum atomic E-state index is 14.8. The topological polar surface area (TPSA) is 77.3 Å². The average Bonchev–Trinajstić information content (AvgIpc) is 3.33. The third-order valence-corrected chi connectivity index (χ3v) is 7.02. The molecule has 4 rings (SSSR count). The number of thiophene rings is 1. The third kappa shape index (κ3) is 4.67. The highest BCUT2D eigenvalue weighted by atomic mass is 32.2. The van der Waals surface area contributed by atoms with Crippen molar-refractivity contribution in [2.75, 3.05) is 13.6 Å². The standard InChI is InChI=1S/C20H16F6N4O3S2/c1-10-7-29(2)8-12-6-15(28-30(10)12)17-13(5-11(22)3-4-21)16-14(23)9-34-18(16)19(27-17)33-35(31,32)20(24,25)26/h3-6,9-10H,7-8H2,1-2H3/b4-3+,11-5?. The minimum Gasteiger partial charge on any atom is -0.354 e. The van der Waals surface area contributed by atoms with Crippen LogP contribution >= 0.6 is 11.3 Å². The van der Waals surface area contributed by atoms with Gasteiger partial charge in [0.2, 0.25) is 0 Å². The first-order valence-corrected chi connectivity index (χ1v) is 12.1. The van der Waals surface area contributed by atoms with E-state index in [-0.39, 0.29) is 29.3 Å². The molecule has 0 fully saturated rings. The van der Waals surface area contributed by atoms with Crippen molar-refractivity contribution in [2.24, 2.45) is 0 Å². The molecule has 0 saturated heterocycles. The summed E-state index contributed by atoms with van der Waals surface area (Å²) in [5, 5.41) is 4.82. The lowest BCUT2D eigenvalue weighted by molar-refractivity contribution is -0.0500. The number of hydrogen-bond donors (Lipinski definition) is 0. The highest BCUT2D eigenvalue weighted by molar-refractivity contribution is 7.88. The normalized spacial score (nSPS) is 17.9. The monoisotopic (exact) mass is 538 g/mol. The number of halogens is 6. The zero-order valence-corrected chi connectivity index (χ0v) is 19.6. The summed E-state index contributed by atoms with van der Waals surface area (Å²) in [7, 11) is -4.30. The van der Waals surface area contributed by atoms with Gasteiger partial charge in [0.25, 0.3) is 5.88 Å². The first kappa shape index (κ1) is 25.2. The molecule has 3 aromatic rings. The Morgan fingerprint density at radius 2 is 2.06 bits per heavy atom. The van der Waals surface area contributed by atoms with Gasteiger partial charge in [-0.2, -0.15) is 26.7 Å². The fourth-order valence-corrected chi connectivity index (χ4v) is 5.11. The van der Waals surface area contributed by atoms with Crippen LogP contribution in [-0.2, 0) is 16.7 Å². The molecule has 4 heterocycles. The summed E-state index contributed by atoms with van der Waals surface area (Å²) in [5.41, 5.74) is -5.71. The Morgan fingerprint density at radius 1 is 1.34 bits per heavy atom. The van der Waals surface area contributed by atoms with E-state index in [9.17, 15) is 34.8 Å². The van der Waals surface area contributed by atoms with Crippen LogP contribution in [0.1, 0.15) is 24.2 Å². The predicted octanol–water partition coefficient (Wildman–Crippen LogP) is 5.33. The maximum Gasteiger partial charge on any atom is 0.534 e. The highest BCUT2D eigenvalue weighted by Crippen LogP contribution is 2.42. The molecule has 0 amide bonds. The summed E-state index contributed by atoms with van der Waals surface area (Å²) in [6.07, 6.45) is 1.07. The van der Waals surface area contributed by atoms with Crippen molar-refractivity contribution in [1.82, 2.24) is 19.7 Å². The summed E-state index contributed by atoms with van der Waals surface area (Å²) in [6, 6.07) is 1.40. The van der Waals surface area contributed by atoms with Crippen LogP contribution < -0.4 is 4.18 Å². The number of fused-ring (bicyclic) bond motifs is 2. The smallest absolute Gasteiger partial charge is 0.354 e. The molecule has 0 spiro atoms. The molecule has 188 valence electrons. The van der Waals surface area contributed by atoms with Gasteiger partial charge in [-0.3, -0.25) is 9.58 Å². The van der Waals surface area contributed by atoms with Crippen LogP contribution in [0.3, 0.4) is 0 Å². The molecular formula is C20H16F6N4O3S2. The number of nitrogens with zero attached hydrogens (tertiary/aromatic N) is 4. The van der Waals surface area contributed by atoms with Crippen molar-refractivity contribution in [2.45, 2.75) is 25.0 Å². The van der Waals surface area contributed by atoms with Crippen molar-refractivity contribution in [1.29, 1.82) is 0 Å². The zero-order valence-electron chi connectivity index (χ0n) is 18.0. The van der Waals surface area contributed by atoms with E-state index in [0.29, 0.717) is 36.2 Å². The molecule has 1 aliphatic rings. The molecule has 0 aromatic carbocycles. The van der Waals surface area contributed by atoms with Crippen LogP contribution in [0, 0.1) is 5.82 Å². The third-order valence-electron chi connectivity index (χ3n) is 5.14. The summed E-state index contributed by atoms with van der Waals surface area (Å²) in [5.74, 6) is -3.20. The number of pyridine rings is 1. The molecular weight excluding hydrogens is 522 g/mol. The Hall–Kier alpha value is -2.91. The van der Waals surface area contributed by atoms with Gasteiger partial charge in [-0.25, -0.2) is 18.2 Å². The first-order chi connectivity index (χ1) is 16.3. The Kier molecular flexibility index (Phi) is 6.44. The molecule has 1 atom stereocenters. The van der Waals surface area contributed by atoms with E-state index in [4.69, 9.17) is 0 Å². The van der Waals surface area contributed by atoms with Gasteiger partial charge in [-0.15, -0.1) is 11.3 Å². The molecule has 0 N–H and O–H groups in total. The molecule has 3 aromatic heterocycles. The lowest BCUT2D eigenvalue weighted by Gasteiger charge is -2.28. The molecule has 1 unspecified atom stereocenters. The van der Waals surface area contributed by atoms with Crippen LogP contribution in [0.2, 0.25) is 0 Å². The summed E-state index contributed by atoms with van der Waals surface area (Å²) < 4.78 is 109. The number of allylic oxidation sites excluding steroid dienone is 2. The number of likely N-dealkylation sites (N-methyl/N-ethyl adjacent to an activating group) is 1. The van der Waals surface area contributed by atoms with E-state index in [1.807, 2.05) is 18.9 Å². The maximum absolute atomic E-state index is 14.8. The van der Waals surface area contributed by atoms with E-state index in [1.54, 1.807) is 4.68 Å². The summed E-state index contributed by atoms with van der Waals surface area (Å²) in [6.45, 7) is 2.94. The van der Waals surface area contributed by atoms with E-state index in [0.717, 1.165) is 11.5 Å². The number of hydrogen-bond acceptors (Lipinski definition) is 7. The van der Waals surface area contributed by atoms with Crippen LogP contribution in [0.25, 0.3) is 27.6 Å². The molecule has 1 aliphatic heterocycles. The second-order valence-electron chi connectivity index (χ2n) is 7.78. The quantitative estimate of drug-likeness (QED) is 0.189. The summed E-state index contributed by atoms with van der Waals surface area (Å²) >= 11 is 0.508. The van der Waals surface area contributed by atoms with E-state index < -0.39 is 43.2 Å². The molecule has 0 radical (unpaired) electrons. The fourth-order valence-electron chi connectivity index (χ4n) is 3.78. The largest absolute Gasteiger partial charge is 0.534 e. The Morgan fingerprint density at radius 3 is 2.71 bits per heavy atom. The Labute approximate surface area is 199 Å². The lowest BCUT2D eigenvalue weighted by atomic mass is 10.0. The molecule has 15 heteroatoms. The van der Waals surface area contributed by atoms with Crippen LogP contribution in [0.15, 0.2) is 29.7 Å². The van der Waals surface area contributed by atoms with Crippen LogP contribution in [-0.4, -0.2) is 47.2 Å². The van der Waals surface area contributed by atoms with Crippen molar-refractivity contribution in [3.05, 3.63) is 46.8 Å². The number of rotatable bonds is 5. The van der Waals surface area contributed by atoms with Gasteiger partial charge >= 0.3 is 15.6 Å². The average molecular weight is 538 g/mol. The van der Waals surface area contributed by atoms with Crippen LogP contribution in [0.4, 0.5) is 26.3 Å². The fraction of sp³-hybridized carbons (Fsp3) is 0.300. The van der Waals surface area contributed by atoms with Gasteiger partial charge in [-0.05, 0) is 26.1 Å². The molecule has 7 nitrogen and oxygen atoms in total. The van der Waals surface area contributed by atoms with Crippen molar-refractivity contribution >= 4 is 37.6 Å². The van der Waals surface area contributed by atoms with Gasteiger partial charge in [-0.1, -0.05) is 0 Å². The number of alkyl halides is 3. The van der Waals surface area contributed by atoms with E-state index >= 15 is 0 Å². The second kappa shape index (κ2) is 8.95. The van der Waals surface area contributed by atoms with Gasteiger partial charge in [0.15, 0.2) is 0 Å². The van der Waals surface area contributed by atoms with Crippen molar-refractivity contribution < 1.29 is 38.9 Å². The van der Waals surface area contributed by atoms with Crippen molar-refractivity contribution in [3.8, 4) is 17.3 Å². The molecule has 0 aliphatic carbocycles. The molecule has 0 saturated carbocycles. The van der Waals surface area contributed by atoms with Gasteiger partial charge in [0, 0.05) is 35.5 Å². The van der Waals surface area contributed by atoms with E-state index in [2.05, 4.69) is 14.3 Å². The number of aromatic nitrogens is 3. The highest BCUT2D eigenvalue weighted by Gasteiger charge is 2.49. The van der Waals surface area contributed by atoms with Crippen molar-refractivity contribution in [3.63, 3.8) is 0 Å². The summed E-state index contributed by atoms with van der Waals surface area (Å²) in [4.78, 5) is 5.89. The van der Waals surface area contributed by atoms with Gasteiger partial charge in [0.1, 0.15) is 27.7 Å². The minimum absolute atomic E-state index is 0.00665. The Bertz CT molecular complexity index is 1460. The minimum atomic E-state index is -6.16. The van der Waals surface area contributed by atoms with Gasteiger partial charge < -0.3 is 4.18 Å². The SMILES string of the molecule is CC1CN(C)Cc2cc(-c3nc(OS(=O)(=O)C(F)(F)F)c4scc(F)c4c3C=C(F)/C=C/F)nn21. The van der Waals surface area contributed by atoms with Crippen LogP contribution in [0.5, 0.6) is 5.88 Å². The second-order valence-corrected chi connectivity index (χ2v) is 10.2. The first-order valence-electron chi connectivity index (χ1n) is 9.85. The molecule has 35 heavy (non-hydrogen) atoms. The Balaban J connectivity index is 2.02. The predicted molar refractivity (Wildman–Crippen MR) is 117 cm³/mol. The van der Waals surface area contributed by atoms with E-state index in [1.165, 1.54) is 6.07 Å². The molecule has 0 bridgehead atoms. The van der Waals surface area contributed by atoms with Gasteiger partial charge in [0.05, 0.1) is 18.1 Å². The lowest BCUT2D eigenvalue weighted by Crippen LogP contribution is -2.33. The zero-order chi connectivity index (χ0) is 25.7.